The molecule has 3 aromatic carbocycles. The number of benzene rings is 3. The Kier molecular flexibility index (Phi) is 8.08. The van der Waals surface area contributed by atoms with Gasteiger partial charge in [-0.1, -0.05) is 54.2 Å². The van der Waals surface area contributed by atoms with E-state index in [1.54, 1.807) is 36.1 Å². The van der Waals surface area contributed by atoms with Crippen molar-refractivity contribution in [2.24, 2.45) is 0 Å². The van der Waals surface area contributed by atoms with Crippen molar-refractivity contribution >= 4 is 29.3 Å². The number of thioether (sulfide) groups is 1. The second-order valence-corrected chi connectivity index (χ2v) is 8.39. The number of ether oxygens (including phenoxy) is 1. The predicted molar refractivity (Wildman–Crippen MR) is 134 cm³/mol. The molecule has 0 spiro atoms. The van der Waals surface area contributed by atoms with Gasteiger partial charge in [-0.2, -0.15) is 4.68 Å². The highest BCUT2D eigenvalue weighted by Crippen LogP contribution is 2.20. The van der Waals surface area contributed by atoms with Crippen molar-refractivity contribution in [2.75, 3.05) is 24.7 Å². The molecule has 0 aliphatic heterocycles. The van der Waals surface area contributed by atoms with Crippen LogP contribution in [0, 0.1) is 0 Å². The largest absolute Gasteiger partial charge is 0.497 e. The Morgan fingerprint density at radius 3 is 2.49 bits per heavy atom. The molecule has 0 aliphatic carbocycles. The van der Waals surface area contributed by atoms with Crippen LogP contribution in [0.1, 0.15) is 15.9 Å². The van der Waals surface area contributed by atoms with E-state index in [0.717, 1.165) is 17.0 Å². The first-order valence-corrected chi connectivity index (χ1v) is 11.9. The number of para-hydroxylation sites is 2. The number of amides is 2. The van der Waals surface area contributed by atoms with E-state index in [-0.39, 0.29) is 17.6 Å². The lowest BCUT2D eigenvalue weighted by molar-refractivity contribution is -0.113. The minimum Gasteiger partial charge on any atom is -0.497 e. The molecule has 0 saturated heterocycles. The molecule has 0 bridgehead atoms. The minimum atomic E-state index is -0.268. The molecule has 2 amide bonds. The number of tetrazole rings is 1. The number of carbonyl (C=O) groups excluding carboxylic acids is 2. The molecule has 0 saturated carbocycles. The van der Waals surface area contributed by atoms with Crippen molar-refractivity contribution in [1.82, 2.24) is 25.5 Å². The summed E-state index contributed by atoms with van der Waals surface area (Å²) in [5.74, 6) is 0.351. The van der Waals surface area contributed by atoms with E-state index < -0.39 is 0 Å². The number of anilines is 1. The molecule has 4 rings (SSSR count). The highest BCUT2D eigenvalue weighted by atomic mass is 32.2. The first-order chi connectivity index (χ1) is 17.1. The Morgan fingerprint density at radius 2 is 1.71 bits per heavy atom. The Bertz CT molecular complexity index is 1280. The number of nitrogens with zero attached hydrogens (tertiary/aromatic N) is 4. The first-order valence-electron chi connectivity index (χ1n) is 10.9. The van der Waals surface area contributed by atoms with Gasteiger partial charge in [-0.25, -0.2) is 0 Å². The molecule has 0 unspecified atom stereocenters. The van der Waals surface area contributed by atoms with Crippen LogP contribution in [0.25, 0.3) is 5.69 Å². The van der Waals surface area contributed by atoms with E-state index in [1.165, 1.54) is 11.8 Å². The lowest BCUT2D eigenvalue weighted by atomic mass is 10.1. The number of hydrogen-bond acceptors (Lipinski definition) is 7. The molecule has 178 valence electrons. The molecule has 0 radical (unpaired) electrons. The van der Waals surface area contributed by atoms with Crippen LogP contribution in [0.5, 0.6) is 5.75 Å². The third-order valence-electron chi connectivity index (χ3n) is 5.08. The second-order valence-electron chi connectivity index (χ2n) is 7.45. The van der Waals surface area contributed by atoms with Gasteiger partial charge in [0.1, 0.15) is 5.75 Å². The minimum absolute atomic E-state index is 0.0840. The molecule has 1 heterocycles. The van der Waals surface area contributed by atoms with Crippen LogP contribution in [0.4, 0.5) is 5.69 Å². The van der Waals surface area contributed by atoms with Crippen LogP contribution in [-0.2, 0) is 11.2 Å². The molecular weight excluding hydrogens is 464 g/mol. The van der Waals surface area contributed by atoms with Crippen molar-refractivity contribution in [3.8, 4) is 11.4 Å². The molecule has 2 N–H and O–H groups in total. The number of carbonyl (C=O) groups is 2. The molecule has 4 aromatic rings. The first kappa shape index (κ1) is 24.0. The summed E-state index contributed by atoms with van der Waals surface area (Å²) in [5.41, 5.74) is 2.73. The Balaban J connectivity index is 1.32. The average Bonchev–Trinajstić information content (AvgIpc) is 3.37. The van der Waals surface area contributed by atoms with Crippen molar-refractivity contribution in [1.29, 1.82) is 0 Å². The topological polar surface area (TPSA) is 111 Å². The van der Waals surface area contributed by atoms with Gasteiger partial charge < -0.3 is 15.4 Å². The van der Waals surface area contributed by atoms with Crippen LogP contribution in [0.3, 0.4) is 0 Å². The van der Waals surface area contributed by atoms with Crippen molar-refractivity contribution in [3.63, 3.8) is 0 Å². The lowest BCUT2D eigenvalue weighted by Gasteiger charge is -2.11. The number of hydrogen-bond donors (Lipinski definition) is 2. The summed E-state index contributed by atoms with van der Waals surface area (Å²) in [6.45, 7) is 0.464. The van der Waals surface area contributed by atoms with Gasteiger partial charge in [0.25, 0.3) is 5.91 Å². The van der Waals surface area contributed by atoms with E-state index in [4.69, 9.17) is 4.74 Å². The summed E-state index contributed by atoms with van der Waals surface area (Å²) >= 11 is 1.21. The van der Waals surface area contributed by atoms with Crippen LogP contribution < -0.4 is 15.4 Å². The molecule has 9 nitrogen and oxygen atoms in total. The van der Waals surface area contributed by atoms with Crippen molar-refractivity contribution in [3.05, 3.63) is 90.0 Å². The number of methoxy groups -OCH3 is 1. The van der Waals surface area contributed by atoms with Gasteiger partial charge in [-0.15, -0.1) is 5.10 Å². The lowest BCUT2D eigenvalue weighted by Crippen LogP contribution is -2.27. The fraction of sp³-hybridized carbons (Fsp3) is 0.160. The SMILES string of the molecule is COc1ccc(CCNC(=O)c2ccccc2NC(=O)CSc2nnnn2-c2ccccc2)cc1. The van der Waals surface area contributed by atoms with E-state index in [1.807, 2.05) is 54.6 Å². The van der Waals surface area contributed by atoms with Crippen molar-refractivity contribution < 1.29 is 14.3 Å². The Morgan fingerprint density at radius 1 is 0.971 bits per heavy atom. The third-order valence-corrected chi connectivity index (χ3v) is 6.00. The number of rotatable bonds is 10. The Hall–Kier alpha value is -4.18. The second kappa shape index (κ2) is 11.8. The van der Waals surface area contributed by atoms with Crippen LogP contribution in [-0.4, -0.2) is 51.4 Å². The van der Waals surface area contributed by atoms with Gasteiger partial charge in [-0.05, 0) is 58.8 Å². The van der Waals surface area contributed by atoms with Gasteiger partial charge in [0.2, 0.25) is 11.1 Å². The van der Waals surface area contributed by atoms with E-state index >= 15 is 0 Å². The monoisotopic (exact) mass is 488 g/mol. The van der Waals surface area contributed by atoms with Crippen LogP contribution in [0.2, 0.25) is 0 Å². The summed E-state index contributed by atoms with van der Waals surface area (Å²) in [5, 5.41) is 17.9. The smallest absolute Gasteiger partial charge is 0.253 e. The number of aromatic nitrogens is 4. The number of nitrogens with one attached hydrogen (secondary N) is 2. The quantitative estimate of drug-likeness (QED) is 0.329. The maximum atomic E-state index is 12.8. The zero-order chi connectivity index (χ0) is 24.5. The highest BCUT2D eigenvalue weighted by Gasteiger charge is 2.15. The molecular formula is C25H24N6O3S. The average molecular weight is 489 g/mol. The molecule has 35 heavy (non-hydrogen) atoms. The molecule has 0 atom stereocenters. The fourth-order valence-electron chi connectivity index (χ4n) is 3.31. The van der Waals surface area contributed by atoms with Gasteiger partial charge in [0.15, 0.2) is 0 Å². The zero-order valence-electron chi connectivity index (χ0n) is 19.0. The maximum absolute atomic E-state index is 12.8. The summed E-state index contributed by atoms with van der Waals surface area (Å²) in [4.78, 5) is 25.4. The summed E-state index contributed by atoms with van der Waals surface area (Å²) in [6, 6.07) is 24.1. The molecule has 0 fully saturated rings. The summed E-state index contributed by atoms with van der Waals surface area (Å²) in [6.07, 6.45) is 0.678. The standard InChI is InChI=1S/C25H24N6O3S/c1-34-20-13-11-18(12-14-20)15-16-26-24(33)21-9-5-6-10-22(21)27-23(32)17-35-25-28-29-30-31(25)19-7-3-2-4-8-19/h2-14H,15-17H2,1H3,(H,26,33)(H,27,32). The van der Waals surface area contributed by atoms with Crippen LogP contribution >= 0.6 is 11.8 Å². The predicted octanol–water partition coefficient (Wildman–Crippen LogP) is 3.37. The highest BCUT2D eigenvalue weighted by molar-refractivity contribution is 7.99. The maximum Gasteiger partial charge on any atom is 0.253 e. The van der Waals surface area contributed by atoms with Gasteiger partial charge in [0.05, 0.1) is 29.8 Å². The fourth-order valence-corrected chi connectivity index (χ4v) is 4.01. The molecule has 10 heteroatoms. The Labute approximate surface area is 206 Å². The van der Waals surface area contributed by atoms with Gasteiger partial charge in [-0.3, -0.25) is 9.59 Å². The summed E-state index contributed by atoms with van der Waals surface area (Å²) in [7, 11) is 1.62. The zero-order valence-corrected chi connectivity index (χ0v) is 19.9. The van der Waals surface area contributed by atoms with Crippen molar-refractivity contribution in [2.45, 2.75) is 11.6 Å². The van der Waals surface area contributed by atoms with Gasteiger partial charge >= 0.3 is 0 Å². The molecule has 0 aliphatic rings. The van der Waals surface area contributed by atoms with Crippen LogP contribution in [0.15, 0.2) is 84.0 Å². The molecule has 1 aromatic heterocycles. The third kappa shape index (κ3) is 6.45. The van der Waals surface area contributed by atoms with Gasteiger partial charge in [0, 0.05) is 6.54 Å². The van der Waals surface area contributed by atoms with E-state index in [2.05, 4.69) is 26.2 Å². The van der Waals surface area contributed by atoms with E-state index in [0.29, 0.717) is 29.4 Å². The van der Waals surface area contributed by atoms with E-state index in [9.17, 15) is 9.59 Å². The normalized spacial score (nSPS) is 10.5. The summed E-state index contributed by atoms with van der Waals surface area (Å²) < 4.78 is 6.73.